The molecule has 0 radical (unpaired) electrons. The van der Waals surface area contributed by atoms with E-state index in [-0.39, 0.29) is 11.3 Å². The van der Waals surface area contributed by atoms with Crippen molar-refractivity contribution in [1.82, 2.24) is 4.98 Å². The molecule has 3 nitrogen and oxygen atoms in total. The summed E-state index contributed by atoms with van der Waals surface area (Å²) in [6.07, 6.45) is 3.67. The molecular weight excluding hydrogens is 250 g/mol. The van der Waals surface area contributed by atoms with Crippen LogP contribution >= 0.6 is 0 Å². The van der Waals surface area contributed by atoms with Crippen molar-refractivity contribution in [2.75, 3.05) is 11.9 Å². The van der Waals surface area contributed by atoms with Crippen molar-refractivity contribution in [2.45, 2.75) is 6.54 Å². The van der Waals surface area contributed by atoms with E-state index in [2.05, 4.69) is 4.98 Å². The van der Waals surface area contributed by atoms with Crippen LogP contribution < -0.4 is 4.90 Å². The second kappa shape index (κ2) is 5.56. The van der Waals surface area contributed by atoms with E-state index in [0.29, 0.717) is 12.8 Å². The molecule has 19 heavy (non-hydrogen) atoms. The highest BCUT2D eigenvalue weighted by Gasteiger charge is 2.15. The number of nitrogens with zero attached hydrogens (tertiary/aromatic N) is 2. The maximum absolute atomic E-state index is 13.8. The van der Waals surface area contributed by atoms with Gasteiger partial charge in [0.15, 0.2) is 0 Å². The lowest BCUT2D eigenvalue weighted by molar-refractivity contribution is 0.112. The zero-order valence-corrected chi connectivity index (χ0v) is 10.3. The average Bonchev–Trinajstić information content (AvgIpc) is 2.38. The normalized spacial score (nSPS) is 10.3. The van der Waals surface area contributed by atoms with Crippen LogP contribution in [-0.4, -0.2) is 18.3 Å². The van der Waals surface area contributed by atoms with Gasteiger partial charge in [-0.05, 0) is 23.8 Å². The Balaban J connectivity index is 2.29. The fraction of sp³-hybridized carbons (Fsp3) is 0.143. The lowest BCUT2D eigenvalue weighted by Crippen LogP contribution is -2.19. The summed E-state index contributed by atoms with van der Waals surface area (Å²) in [6, 6.07) is 5.61. The smallest absolute Gasteiger partial charge is 0.150 e. The molecule has 0 spiro atoms. The third kappa shape index (κ3) is 2.93. The molecule has 1 heterocycles. The van der Waals surface area contributed by atoms with E-state index in [1.54, 1.807) is 25.5 Å². The number of carbonyl (C=O) groups is 1. The van der Waals surface area contributed by atoms with Gasteiger partial charge in [-0.25, -0.2) is 8.78 Å². The predicted octanol–water partition coefficient (Wildman–Crippen LogP) is 2.81. The molecule has 0 aliphatic carbocycles. The first-order valence-corrected chi connectivity index (χ1v) is 5.66. The van der Waals surface area contributed by atoms with Gasteiger partial charge in [0, 0.05) is 31.5 Å². The van der Waals surface area contributed by atoms with Crippen molar-refractivity contribution in [3.8, 4) is 0 Å². The van der Waals surface area contributed by atoms with Crippen molar-refractivity contribution in [3.63, 3.8) is 0 Å². The number of carbonyl (C=O) groups excluding carboxylic acids is 1. The summed E-state index contributed by atoms with van der Waals surface area (Å²) < 4.78 is 27.6. The molecule has 0 saturated heterocycles. The molecule has 1 aromatic carbocycles. The van der Waals surface area contributed by atoms with Crippen molar-refractivity contribution in [3.05, 3.63) is 59.4 Å². The van der Waals surface area contributed by atoms with Gasteiger partial charge in [-0.15, -0.1) is 0 Å². The number of benzene rings is 1. The third-order valence-electron chi connectivity index (χ3n) is 2.70. The Kier molecular flexibility index (Phi) is 3.85. The van der Waals surface area contributed by atoms with Crippen LogP contribution in [0.5, 0.6) is 0 Å². The predicted molar refractivity (Wildman–Crippen MR) is 68.1 cm³/mol. The third-order valence-corrected chi connectivity index (χ3v) is 2.70. The standard InChI is InChI=1S/C14H12F2N2O/c1-18(8-10-3-2-4-17-7-10)14-12(15)5-11(9-19)6-13(14)16/h2-7,9H,8H2,1H3. The summed E-state index contributed by atoms with van der Waals surface area (Å²) in [6.45, 7) is 0.322. The molecule has 0 amide bonds. The summed E-state index contributed by atoms with van der Waals surface area (Å²) in [4.78, 5) is 15.9. The molecular formula is C14H12F2N2O. The Morgan fingerprint density at radius 1 is 1.32 bits per heavy atom. The van der Waals surface area contributed by atoms with Gasteiger partial charge in [-0.1, -0.05) is 6.07 Å². The van der Waals surface area contributed by atoms with Gasteiger partial charge in [0.1, 0.15) is 23.6 Å². The van der Waals surface area contributed by atoms with Gasteiger partial charge in [0.05, 0.1) is 0 Å². The van der Waals surface area contributed by atoms with Gasteiger partial charge in [0.25, 0.3) is 0 Å². The number of halogens is 2. The van der Waals surface area contributed by atoms with E-state index < -0.39 is 11.6 Å². The van der Waals surface area contributed by atoms with Crippen LogP contribution in [-0.2, 0) is 6.54 Å². The molecule has 0 fully saturated rings. The van der Waals surface area contributed by atoms with Gasteiger partial charge in [0.2, 0.25) is 0 Å². The van der Waals surface area contributed by atoms with Gasteiger partial charge < -0.3 is 4.90 Å². The molecule has 0 saturated carbocycles. The summed E-state index contributed by atoms with van der Waals surface area (Å²) in [5.41, 5.74) is 0.659. The summed E-state index contributed by atoms with van der Waals surface area (Å²) in [5, 5.41) is 0. The van der Waals surface area contributed by atoms with E-state index in [4.69, 9.17) is 0 Å². The zero-order valence-electron chi connectivity index (χ0n) is 10.3. The minimum Gasteiger partial charge on any atom is -0.365 e. The highest BCUT2D eigenvalue weighted by Crippen LogP contribution is 2.24. The average molecular weight is 262 g/mol. The van der Waals surface area contributed by atoms with E-state index in [1.807, 2.05) is 6.07 Å². The van der Waals surface area contributed by atoms with Crippen molar-refractivity contribution in [2.24, 2.45) is 0 Å². The Morgan fingerprint density at radius 2 is 2.00 bits per heavy atom. The Labute approximate surface area is 109 Å². The number of anilines is 1. The number of hydrogen-bond donors (Lipinski definition) is 0. The number of hydrogen-bond acceptors (Lipinski definition) is 3. The second-order valence-electron chi connectivity index (χ2n) is 4.17. The summed E-state index contributed by atoms with van der Waals surface area (Å²) >= 11 is 0. The zero-order chi connectivity index (χ0) is 13.8. The molecule has 5 heteroatoms. The minimum absolute atomic E-state index is 0.0199. The largest absolute Gasteiger partial charge is 0.365 e. The highest BCUT2D eigenvalue weighted by molar-refractivity contribution is 5.76. The fourth-order valence-electron chi connectivity index (χ4n) is 1.86. The number of pyridine rings is 1. The Bertz CT molecular complexity index is 564. The highest BCUT2D eigenvalue weighted by atomic mass is 19.1. The fourth-order valence-corrected chi connectivity index (χ4v) is 1.86. The van der Waals surface area contributed by atoms with Crippen LogP contribution in [0.25, 0.3) is 0 Å². The summed E-state index contributed by atoms with van der Waals surface area (Å²) in [7, 11) is 1.58. The molecule has 0 aliphatic heterocycles. The molecule has 0 aliphatic rings. The van der Waals surface area contributed by atoms with Crippen LogP contribution in [0.15, 0.2) is 36.7 Å². The molecule has 0 bridgehead atoms. The number of aromatic nitrogens is 1. The Hall–Kier alpha value is -2.30. The minimum atomic E-state index is -0.756. The van der Waals surface area contributed by atoms with Crippen LogP contribution in [0.1, 0.15) is 15.9 Å². The quantitative estimate of drug-likeness (QED) is 0.794. The molecule has 2 rings (SSSR count). The van der Waals surface area contributed by atoms with Gasteiger partial charge in [-0.2, -0.15) is 0 Å². The topological polar surface area (TPSA) is 33.2 Å². The van der Waals surface area contributed by atoms with Crippen LogP contribution in [0, 0.1) is 11.6 Å². The first kappa shape index (κ1) is 13.1. The number of rotatable bonds is 4. The summed E-state index contributed by atoms with van der Waals surface area (Å²) in [5.74, 6) is -1.51. The molecule has 0 unspecified atom stereocenters. The first-order chi connectivity index (χ1) is 9.11. The number of aldehydes is 1. The van der Waals surface area contributed by atoms with Crippen LogP contribution in [0.3, 0.4) is 0 Å². The van der Waals surface area contributed by atoms with Crippen LogP contribution in [0.2, 0.25) is 0 Å². The van der Waals surface area contributed by atoms with Crippen LogP contribution in [0.4, 0.5) is 14.5 Å². The van der Waals surface area contributed by atoms with E-state index >= 15 is 0 Å². The van der Waals surface area contributed by atoms with E-state index in [0.717, 1.165) is 17.7 Å². The SMILES string of the molecule is CN(Cc1cccnc1)c1c(F)cc(C=O)cc1F. The van der Waals surface area contributed by atoms with Gasteiger partial charge in [-0.3, -0.25) is 9.78 Å². The first-order valence-electron chi connectivity index (χ1n) is 5.66. The molecule has 2 aromatic rings. The molecule has 1 aromatic heterocycles. The maximum atomic E-state index is 13.8. The van der Waals surface area contributed by atoms with Crippen molar-refractivity contribution < 1.29 is 13.6 Å². The molecule has 98 valence electrons. The van der Waals surface area contributed by atoms with E-state index in [1.165, 1.54) is 4.90 Å². The van der Waals surface area contributed by atoms with Gasteiger partial charge >= 0.3 is 0 Å². The lowest BCUT2D eigenvalue weighted by atomic mass is 10.1. The molecule has 0 atom stereocenters. The van der Waals surface area contributed by atoms with Crippen molar-refractivity contribution in [1.29, 1.82) is 0 Å². The lowest BCUT2D eigenvalue weighted by Gasteiger charge is -2.20. The van der Waals surface area contributed by atoms with Crippen molar-refractivity contribution >= 4 is 12.0 Å². The monoisotopic (exact) mass is 262 g/mol. The Morgan fingerprint density at radius 3 is 2.53 bits per heavy atom. The second-order valence-corrected chi connectivity index (χ2v) is 4.17. The van der Waals surface area contributed by atoms with E-state index in [9.17, 15) is 13.6 Å². The maximum Gasteiger partial charge on any atom is 0.150 e. The molecule has 0 N–H and O–H groups in total.